The fourth-order valence-electron chi connectivity index (χ4n) is 16.3. The molecule has 2 aliphatic rings. The van der Waals surface area contributed by atoms with Crippen molar-refractivity contribution in [1.29, 1.82) is 0 Å². The Labute approximate surface area is 710 Å². The highest BCUT2D eigenvalue weighted by Crippen LogP contribution is 2.40. The summed E-state index contributed by atoms with van der Waals surface area (Å²) in [7, 11) is -41.1. The van der Waals surface area contributed by atoms with E-state index in [0.29, 0.717) is 87.6 Å². The summed E-state index contributed by atoms with van der Waals surface area (Å²) in [5.41, 5.74) is 0. The highest BCUT2D eigenvalue weighted by molar-refractivity contribution is 6.94. The molecule has 115 heavy (non-hydrogen) atoms. The van der Waals surface area contributed by atoms with E-state index in [-0.39, 0.29) is 38.9 Å². The second-order valence-electron chi connectivity index (χ2n) is 39.9. The second-order valence-corrected chi connectivity index (χ2v) is 99.6. The lowest BCUT2D eigenvalue weighted by molar-refractivity contribution is -0.155. The molecule has 41 heteroatoms. The van der Waals surface area contributed by atoms with Crippen LogP contribution in [0, 0.1) is 23.7 Å². The largest absolute Gasteiger partial charge is 0.481 e. The van der Waals surface area contributed by atoms with Gasteiger partial charge < -0.3 is 78.5 Å². The number of esters is 6. The maximum absolute atomic E-state index is 14.1. The summed E-state index contributed by atoms with van der Waals surface area (Å²) in [5.74, 6) is -8.36. The molecule has 0 amide bonds. The Kier molecular flexibility index (Phi) is 45.3. The van der Waals surface area contributed by atoms with Crippen LogP contribution in [0.3, 0.4) is 0 Å². The van der Waals surface area contributed by atoms with Gasteiger partial charge in [-0.1, -0.05) is 90.9 Å². The Hall–Kier alpha value is -1.07. The molecular weight excluding hydrogens is 1730 g/mol. The summed E-state index contributed by atoms with van der Waals surface area (Å²) >= 11 is 0. The van der Waals surface area contributed by atoms with Crippen molar-refractivity contribution in [1.82, 2.24) is 0 Å². The molecule has 2 heterocycles. The van der Waals surface area contributed by atoms with E-state index in [1.54, 1.807) is 0 Å². The van der Waals surface area contributed by atoms with Crippen molar-refractivity contribution in [2.75, 3.05) is 13.2 Å². The Balaban J connectivity index is 2.27. The third-order valence-electron chi connectivity index (χ3n) is 19.3. The van der Waals surface area contributed by atoms with Gasteiger partial charge in [0.05, 0.1) is 62.6 Å². The van der Waals surface area contributed by atoms with Gasteiger partial charge in [0.2, 0.25) is 0 Å². The minimum atomic E-state index is -3.36. The van der Waals surface area contributed by atoms with E-state index < -0.39 is 211 Å². The molecule has 0 aromatic carbocycles. The Bertz CT molecular complexity index is 2880. The van der Waals surface area contributed by atoms with E-state index in [2.05, 4.69) is 132 Å². The van der Waals surface area contributed by atoms with Crippen LogP contribution in [0.25, 0.3) is 0 Å². The zero-order valence-corrected chi connectivity index (χ0v) is 92.1. The summed E-state index contributed by atoms with van der Waals surface area (Å²) < 4.78 is 108. The molecule has 0 radical (unpaired) electrons. The van der Waals surface area contributed by atoms with Crippen LogP contribution in [0.4, 0.5) is 0 Å². The zero-order chi connectivity index (χ0) is 88.4. The quantitative estimate of drug-likeness (QED) is 0.0188. The average molecular weight is 1890 g/mol. The summed E-state index contributed by atoms with van der Waals surface area (Å²) in [6, 6.07) is 4.80. The van der Waals surface area contributed by atoms with Gasteiger partial charge in [0.1, 0.15) is 0 Å². The van der Waals surface area contributed by atoms with Crippen molar-refractivity contribution in [2.24, 2.45) is 23.7 Å². The highest BCUT2D eigenvalue weighted by atomic mass is 28.5. The Morgan fingerprint density at radius 2 is 0.591 bits per heavy atom. The normalized spacial score (nSPS) is 19.6. The number of cyclic esters (lactones) is 4. The van der Waals surface area contributed by atoms with Gasteiger partial charge in [0.15, 0.2) is 49.9 Å². The van der Waals surface area contributed by atoms with Gasteiger partial charge in [0, 0.05) is 0 Å². The van der Waals surface area contributed by atoms with Crippen LogP contribution in [0.5, 0.6) is 0 Å². The maximum Gasteiger partial charge on any atom is 0.317 e. The molecule has 2 rings (SSSR count). The Morgan fingerprint density at radius 1 is 0.330 bits per heavy atom. The molecule has 2 saturated heterocycles. The smallest absolute Gasteiger partial charge is 0.317 e. The first kappa shape index (κ1) is 110. The van der Waals surface area contributed by atoms with Gasteiger partial charge >= 0.3 is 125 Å². The van der Waals surface area contributed by atoms with Gasteiger partial charge in [-0.3, -0.25) is 38.4 Å². The minimum Gasteiger partial charge on any atom is -0.481 e. The molecule has 2 fully saturated rings. The summed E-state index contributed by atoms with van der Waals surface area (Å²) in [6.45, 7) is 63.4. The van der Waals surface area contributed by atoms with Gasteiger partial charge in [-0.05, 0) is 270 Å². The van der Waals surface area contributed by atoms with Crippen molar-refractivity contribution in [3.8, 4) is 0 Å². The lowest BCUT2D eigenvalue weighted by Gasteiger charge is -2.45. The fourth-order valence-corrected chi connectivity index (χ4v) is 89.4. The van der Waals surface area contributed by atoms with E-state index in [1.165, 1.54) is 0 Å². The van der Waals surface area contributed by atoms with E-state index >= 15 is 0 Å². The minimum absolute atomic E-state index is 0.0490. The second kappa shape index (κ2) is 47.3. The number of rotatable bonds is 64. The maximum atomic E-state index is 14.1. The predicted octanol–water partition coefficient (Wildman–Crippen LogP) is 20.0. The topological polar surface area (TPSA) is 325 Å². The molecule has 0 spiro atoms. The van der Waals surface area contributed by atoms with Gasteiger partial charge in [0.25, 0.3) is 0 Å². The van der Waals surface area contributed by atoms with Crippen molar-refractivity contribution in [2.45, 2.75) is 387 Å². The van der Waals surface area contributed by atoms with E-state index in [4.69, 9.17) is 68.3 Å². The number of ether oxygens (including phenoxy) is 4. The van der Waals surface area contributed by atoms with Gasteiger partial charge in [-0.15, -0.1) is 0 Å². The van der Waals surface area contributed by atoms with E-state index in [9.17, 15) is 48.6 Å². The number of carbonyl (C=O) groups is 8. The summed E-state index contributed by atoms with van der Waals surface area (Å²) in [4.78, 5) is 102. The van der Waals surface area contributed by atoms with E-state index in [1.807, 2.05) is 65.5 Å². The lowest BCUT2D eigenvalue weighted by atomic mass is 10.0. The number of carboxylic acids is 2. The fraction of sp³-hybridized carbons (Fsp3) is 0.892. The van der Waals surface area contributed by atoms with Crippen LogP contribution in [0.15, 0.2) is 0 Å². The summed E-state index contributed by atoms with van der Waals surface area (Å²) in [5, 5.41) is 20.4. The third-order valence-corrected chi connectivity index (χ3v) is 76.7. The van der Waals surface area contributed by atoms with Crippen molar-refractivity contribution >= 4 is 175 Å². The molecule has 0 aromatic heterocycles. The first-order valence-corrected chi connectivity index (χ1v) is 86.3. The lowest BCUT2D eigenvalue weighted by Crippen LogP contribution is -2.61. The molecule has 2 aliphatic heterocycles. The van der Waals surface area contributed by atoms with Crippen LogP contribution in [-0.2, 0) is 107 Å². The molecule has 672 valence electrons. The molecule has 26 nitrogen and oxygen atoms in total. The molecule has 10 unspecified atom stereocenters. The third kappa shape index (κ3) is 48.7. The number of hydrogen-bond donors (Lipinski definition) is 2. The predicted molar refractivity (Wildman–Crippen MR) is 488 cm³/mol. The van der Waals surface area contributed by atoms with Gasteiger partial charge in [-0.2, -0.15) is 0 Å². The number of hydrogen-bond acceptors (Lipinski definition) is 24. The molecule has 0 saturated carbocycles. The molecule has 0 aromatic rings. The summed E-state index contributed by atoms with van der Waals surface area (Å²) in [6.07, 6.45) is 12.1. The van der Waals surface area contributed by atoms with Crippen molar-refractivity contribution in [3.63, 3.8) is 0 Å². The van der Waals surface area contributed by atoms with Crippen LogP contribution >= 0.6 is 0 Å². The standard InChI is InChI=1S/C74H160O26Si15/c1-31-33-35-37-53-110(25,89-101(3,4)5)95-108(21,22)97-114(29,99-112(27,91-103(9,10)11)55-41-47-65-61-69(79)87-73(65)83)57-39-45-63(59-67(75)76)71(81)85-49-43-51-105(15,16)93-107(19,20)94-106(17,18)52-44-50-86-72(82)64(60-68(77)78)46-40-58-115(30,98-109(23,24)96-111(26,90-102(6,7)8)54-38-36-34-32-2)100-113(28,92-104(12,13)14)56-42-48-66-62-70(80)88-74(66)84/h63-66H,31-62H2,1-30H3,(H,75,76)(H,77,78). The molecular formula is C74H160O26Si15. The first-order valence-electron chi connectivity index (χ1n) is 42.9. The average Bonchev–Trinajstić information content (AvgIpc) is 0.861. The number of aliphatic carboxylic acids is 2. The first-order chi connectivity index (χ1) is 52.2. The number of carboxylic acid groups (broad SMARTS) is 2. The van der Waals surface area contributed by atoms with Crippen molar-refractivity contribution < 1.29 is 117 Å². The monoisotopic (exact) mass is 1880 g/mol. The molecule has 10 atom stereocenters. The van der Waals surface area contributed by atoms with Crippen LogP contribution < -0.4 is 0 Å². The van der Waals surface area contributed by atoms with Crippen LogP contribution in [-0.4, -0.2) is 198 Å². The highest BCUT2D eigenvalue weighted by Gasteiger charge is 2.54. The zero-order valence-electron chi connectivity index (χ0n) is 77.1. The molecule has 2 N–H and O–H groups in total. The van der Waals surface area contributed by atoms with Crippen LogP contribution in [0.2, 0.25) is 232 Å². The molecule has 0 bridgehead atoms. The number of carbonyl (C=O) groups excluding carboxylic acids is 6. The van der Waals surface area contributed by atoms with E-state index in [0.717, 1.165) is 63.5 Å². The van der Waals surface area contributed by atoms with Gasteiger partial charge in [-0.25, -0.2) is 0 Å². The molecule has 0 aliphatic carbocycles. The van der Waals surface area contributed by atoms with Crippen molar-refractivity contribution in [3.05, 3.63) is 0 Å². The SMILES string of the molecule is CCCCCC[Si](C)(O[Si](C)(C)C)O[Si](C)(C)O[Si](C)(CCCC(CC(=O)O)C(=O)OCCC[Si](C)(C)O[Si](C)(C)O[Si](C)(C)CCCOC(=O)C(CCC[Si](C)(O[Si](C)(C)O[Si](C)(CCCCCC)O[Si](C)(C)C)O[Si](C)(CCCC1CC(=O)OC1=O)O[Si](C)(C)C)CC(=O)O)O[Si](C)(CCCC1CC(=O)OC1=O)O[Si](C)(C)C. The Morgan fingerprint density at radius 3 is 0.852 bits per heavy atom. The number of unbranched alkanes of at least 4 members (excludes halogenated alkanes) is 6. The van der Waals surface area contributed by atoms with Crippen LogP contribution in [0.1, 0.15) is 155 Å².